The van der Waals surface area contributed by atoms with Crippen LogP contribution in [0.15, 0.2) is 58.1 Å². The fraction of sp³-hybridized carbons (Fsp3) is 0.500. The summed E-state index contributed by atoms with van der Waals surface area (Å²) in [6, 6.07) is 14.1. The van der Waals surface area contributed by atoms with Crippen molar-refractivity contribution in [1.29, 1.82) is 0 Å². The summed E-state index contributed by atoms with van der Waals surface area (Å²) in [4.78, 5) is 26.0. The molecule has 0 unspecified atom stereocenters. The van der Waals surface area contributed by atoms with Crippen LogP contribution in [0, 0.1) is 0 Å². The molecular formula is C24H35IN6O2. The quantitative estimate of drug-likeness (QED) is 0.251. The lowest BCUT2D eigenvalue weighted by atomic mass is 10.2. The highest BCUT2D eigenvalue weighted by atomic mass is 127. The SMILES string of the molecule is CN=C(NCCCN1CCN(c2ccccc2)CC1)N1CCN(C(=O)c2ccco2)CC1.I. The Morgan fingerprint density at radius 2 is 1.64 bits per heavy atom. The molecule has 1 amide bonds. The van der Waals surface area contributed by atoms with E-state index in [2.05, 4.69) is 55.3 Å². The van der Waals surface area contributed by atoms with Gasteiger partial charge >= 0.3 is 0 Å². The first-order chi connectivity index (χ1) is 15.7. The Balaban J connectivity index is 0.00000306. The van der Waals surface area contributed by atoms with Crippen LogP contribution in [0.25, 0.3) is 0 Å². The molecule has 9 heteroatoms. The summed E-state index contributed by atoms with van der Waals surface area (Å²) >= 11 is 0. The van der Waals surface area contributed by atoms with Crippen molar-refractivity contribution in [2.75, 3.05) is 77.4 Å². The lowest BCUT2D eigenvalue weighted by molar-refractivity contribution is 0.0657. The Morgan fingerprint density at radius 3 is 2.27 bits per heavy atom. The van der Waals surface area contributed by atoms with Crippen LogP contribution in [0.4, 0.5) is 5.69 Å². The molecule has 8 nitrogen and oxygen atoms in total. The van der Waals surface area contributed by atoms with Crippen LogP contribution in [0.5, 0.6) is 0 Å². The number of amides is 1. The number of benzene rings is 1. The van der Waals surface area contributed by atoms with Crippen molar-refractivity contribution in [3.05, 3.63) is 54.5 Å². The summed E-state index contributed by atoms with van der Waals surface area (Å²) in [5, 5.41) is 3.50. The highest BCUT2D eigenvalue weighted by molar-refractivity contribution is 14.0. The van der Waals surface area contributed by atoms with Gasteiger partial charge in [-0.05, 0) is 37.2 Å². The monoisotopic (exact) mass is 566 g/mol. The van der Waals surface area contributed by atoms with Crippen molar-refractivity contribution in [3.8, 4) is 0 Å². The van der Waals surface area contributed by atoms with Crippen LogP contribution < -0.4 is 10.2 Å². The number of nitrogens with one attached hydrogen (secondary N) is 1. The number of hydrogen-bond donors (Lipinski definition) is 1. The summed E-state index contributed by atoms with van der Waals surface area (Å²) in [6.45, 7) is 9.26. The van der Waals surface area contributed by atoms with Gasteiger partial charge < -0.3 is 24.4 Å². The predicted molar refractivity (Wildman–Crippen MR) is 143 cm³/mol. The molecule has 3 heterocycles. The number of para-hydroxylation sites is 1. The topological polar surface area (TPSA) is 67.6 Å². The van der Waals surface area contributed by atoms with Gasteiger partial charge in [0.15, 0.2) is 11.7 Å². The molecule has 0 atom stereocenters. The standard InChI is InChI=1S/C24H34N6O2.HI/c1-25-24(30-18-16-29(17-19-30)23(31)22-9-5-20-32-22)26-10-6-11-27-12-14-28(15-13-27)21-7-3-2-4-8-21;/h2-5,7-9,20H,6,10-19H2,1H3,(H,25,26);1H. The molecule has 2 aliphatic heterocycles. The number of hydrogen-bond acceptors (Lipinski definition) is 5. The fourth-order valence-electron chi connectivity index (χ4n) is 4.38. The van der Waals surface area contributed by atoms with Gasteiger partial charge in [0.2, 0.25) is 0 Å². The van der Waals surface area contributed by atoms with E-state index in [1.54, 1.807) is 18.4 Å². The zero-order valence-corrected chi connectivity index (χ0v) is 21.7. The molecule has 33 heavy (non-hydrogen) atoms. The van der Waals surface area contributed by atoms with Crippen molar-refractivity contribution >= 4 is 41.5 Å². The molecule has 2 fully saturated rings. The fourth-order valence-corrected chi connectivity index (χ4v) is 4.38. The Kier molecular flexibility index (Phi) is 9.86. The maximum absolute atomic E-state index is 12.4. The van der Waals surface area contributed by atoms with Gasteiger partial charge in [0.25, 0.3) is 5.91 Å². The third-order valence-electron chi connectivity index (χ3n) is 6.24. The number of carbonyl (C=O) groups excluding carboxylic acids is 1. The Labute approximate surface area is 213 Å². The maximum atomic E-state index is 12.4. The minimum atomic E-state index is -0.0371. The molecule has 0 bridgehead atoms. The lowest BCUT2D eigenvalue weighted by Gasteiger charge is -2.37. The number of furan rings is 1. The third kappa shape index (κ3) is 6.86. The first kappa shape index (κ1) is 25.4. The van der Waals surface area contributed by atoms with Gasteiger partial charge in [-0.3, -0.25) is 14.7 Å². The number of anilines is 1. The van der Waals surface area contributed by atoms with E-state index in [9.17, 15) is 4.79 Å². The largest absolute Gasteiger partial charge is 0.459 e. The van der Waals surface area contributed by atoms with E-state index < -0.39 is 0 Å². The molecule has 1 aromatic carbocycles. The first-order valence-corrected chi connectivity index (χ1v) is 11.6. The molecule has 1 N–H and O–H groups in total. The molecule has 0 saturated carbocycles. The maximum Gasteiger partial charge on any atom is 0.289 e. The molecule has 0 radical (unpaired) electrons. The Morgan fingerprint density at radius 1 is 0.939 bits per heavy atom. The van der Waals surface area contributed by atoms with Gasteiger partial charge in [-0.25, -0.2) is 0 Å². The Hall–Kier alpha value is -2.27. The molecule has 0 aliphatic carbocycles. The van der Waals surface area contributed by atoms with Gasteiger partial charge in [-0.1, -0.05) is 18.2 Å². The number of piperazine rings is 2. The first-order valence-electron chi connectivity index (χ1n) is 11.6. The molecular weight excluding hydrogens is 531 g/mol. The van der Waals surface area contributed by atoms with E-state index >= 15 is 0 Å². The molecule has 0 spiro atoms. The summed E-state index contributed by atoms with van der Waals surface area (Å²) in [6.07, 6.45) is 2.62. The van der Waals surface area contributed by atoms with Crippen LogP contribution in [0.3, 0.4) is 0 Å². The zero-order chi connectivity index (χ0) is 22.2. The van der Waals surface area contributed by atoms with Crippen LogP contribution in [-0.4, -0.2) is 99.1 Å². The highest BCUT2D eigenvalue weighted by Gasteiger charge is 2.25. The van der Waals surface area contributed by atoms with Gasteiger partial charge in [0.05, 0.1) is 6.26 Å². The molecule has 180 valence electrons. The van der Waals surface area contributed by atoms with E-state index in [4.69, 9.17) is 4.42 Å². The number of nitrogens with zero attached hydrogens (tertiary/aromatic N) is 5. The number of rotatable bonds is 6. The van der Waals surface area contributed by atoms with Crippen LogP contribution in [0.2, 0.25) is 0 Å². The molecule has 4 rings (SSSR count). The van der Waals surface area contributed by atoms with Crippen LogP contribution >= 0.6 is 24.0 Å². The van der Waals surface area contributed by atoms with E-state index in [-0.39, 0.29) is 29.9 Å². The number of aliphatic imine (C=N–C) groups is 1. The second-order valence-electron chi connectivity index (χ2n) is 8.25. The second kappa shape index (κ2) is 12.8. The summed E-state index contributed by atoms with van der Waals surface area (Å²) in [5.74, 6) is 1.29. The second-order valence-corrected chi connectivity index (χ2v) is 8.25. The van der Waals surface area contributed by atoms with E-state index in [1.807, 2.05) is 11.9 Å². The van der Waals surface area contributed by atoms with E-state index in [0.717, 1.165) is 64.7 Å². The molecule has 2 aliphatic rings. The van der Waals surface area contributed by atoms with Gasteiger partial charge in [-0.2, -0.15) is 0 Å². The van der Waals surface area contributed by atoms with Crippen molar-refractivity contribution in [1.82, 2.24) is 20.0 Å². The minimum Gasteiger partial charge on any atom is -0.459 e. The zero-order valence-electron chi connectivity index (χ0n) is 19.4. The number of halogens is 1. The van der Waals surface area contributed by atoms with Gasteiger partial charge in [0, 0.05) is 71.6 Å². The average Bonchev–Trinajstić information content (AvgIpc) is 3.40. The van der Waals surface area contributed by atoms with E-state index in [0.29, 0.717) is 18.8 Å². The lowest BCUT2D eigenvalue weighted by Crippen LogP contribution is -2.54. The van der Waals surface area contributed by atoms with Crippen molar-refractivity contribution in [2.24, 2.45) is 4.99 Å². The van der Waals surface area contributed by atoms with Gasteiger partial charge in [-0.15, -0.1) is 24.0 Å². The minimum absolute atomic E-state index is 0. The summed E-state index contributed by atoms with van der Waals surface area (Å²) in [7, 11) is 1.82. The van der Waals surface area contributed by atoms with Crippen molar-refractivity contribution in [3.63, 3.8) is 0 Å². The van der Waals surface area contributed by atoms with Crippen molar-refractivity contribution < 1.29 is 9.21 Å². The molecule has 2 saturated heterocycles. The highest BCUT2D eigenvalue weighted by Crippen LogP contribution is 2.15. The number of carbonyl (C=O) groups is 1. The van der Waals surface area contributed by atoms with E-state index in [1.165, 1.54) is 5.69 Å². The molecule has 1 aromatic heterocycles. The number of guanidine groups is 1. The third-order valence-corrected chi connectivity index (χ3v) is 6.24. The molecule has 2 aromatic rings. The van der Waals surface area contributed by atoms with Crippen LogP contribution in [-0.2, 0) is 0 Å². The summed E-state index contributed by atoms with van der Waals surface area (Å²) < 4.78 is 5.24. The van der Waals surface area contributed by atoms with Crippen molar-refractivity contribution in [2.45, 2.75) is 6.42 Å². The summed E-state index contributed by atoms with van der Waals surface area (Å²) in [5.41, 5.74) is 1.32. The van der Waals surface area contributed by atoms with Crippen LogP contribution in [0.1, 0.15) is 17.0 Å². The normalized spacial score (nSPS) is 17.6. The predicted octanol–water partition coefficient (Wildman–Crippen LogP) is 2.44. The smallest absolute Gasteiger partial charge is 0.289 e. The van der Waals surface area contributed by atoms with Gasteiger partial charge in [0.1, 0.15) is 0 Å². The average molecular weight is 566 g/mol. The Bertz CT molecular complexity index is 860.